The Bertz CT molecular complexity index is 419. The molecule has 1 aliphatic rings. The molecule has 0 bridgehead atoms. The van der Waals surface area contributed by atoms with Gasteiger partial charge in [0.1, 0.15) is 0 Å². The number of hydrogen-bond donors (Lipinski definition) is 1. The van der Waals surface area contributed by atoms with Crippen molar-refractivity contribution in [3.63, 3.8) is 0 Å². The van der Waals surface area contributed by atoms with Crippen LogP contribution in [0.2, 0.25) is 0 Å². The van der Waals surface area contributed by atoms with E-state index < -0.39 is 0 Å². The van der Waals surface area contributed by atoms with Crippen molar-refractivity contribution < 1.29 is 4.74 Å². The van der Waals surface area contributed by atoms with Gasteiger partial charge in [-0.2, -0.15) is 4.98 Å². The van der Waals surface area contributed by atoms with Crippen LogP contribution in [0.4, 0.5) is 5.95 Å². The molecule has 1 saturated heterocycles. The van der Waals surface area contributed by atoms with Gasteiger partial charge in [-0.25, -0.2) is 4.98 Å². The first-order chi connectivity index (χ1) is 8.58. The standard InChI is InChI=1S/C12H19BrN4O/c1-12(14-2)4-6-17(7-5-12)11-15-8-9(13)10(16-11)18-3/h8,14H,4-7H2,1-3H3. The van der Waals surface area contributed by atoms with E-state index >= 15 is 0 Å². The number of ether oxygens (including phenoxy) is 1. The molecule has 1 aromatic rings. The lowest BCUT2D eigenvalue weighted by Crippen LogP contribution is -2.50. The number of nitrogens with one attached hydrogen (secondary N) is 1. The lowest BCUT2D eigenvalue weighted by Gasteiger charge is -2.39. The zero-order valence-electron chi connectivity index (χ0n) is 11.0. The van der Waals surface area contributed by atoms with Crippen LogP contribution in [0.25, 0.3) is 0 Å². The van der Waals surface area contributed by atoms with Gasteiger partial charge in [0.25, 0.3) is 0 Å². The minimum atomic E-state index is 0.232. The maximum Gasteiger partial charge on any atom is 0.232 e. The van der Waals surface area contributed by atoms with E-state index in [2.05, 4.69) is 43.0 Å². The molecule has 5 nitrogen and oxygen atoms in total. The van der Waals surface area contributed by atoms with Gasteiger partial charge in [0.15, 0.2) is 0 Å². The average molecular weight is 315 g/mol. The molecule has 6 heteroatoms. The van der Waals surface area contributed by atoms with Crippen molar-refractivity contribution in [2.45, 2.75) is 25.3 Å². The van der Waals surface area contributed by atoms with E-state index in [1.165, 1.54) is 0 Å². The first-order valence-electron chi connectivity index (χ1n) is 6.08. The van der Waals surface area contributed by atoms with Crippen LogP contribution < -0.4 is 15.0 Å². The van der Waals surface area contributed by atoms with Crippen molar-refractivity contribution in [2.24, 2.45) is 0 Å². The van der Waals surface area contributed by atoms with E-state index in [0.717, 1.165) is 36.4 Å². The number of nitrogens with zero attached hydrogens (tertiary/aromatic N) is 3. The third-order valence-corrected chi connectivity index (χ3v) is 4.19. The van der Waals surface area contributed by atoms with E-state index in [0.29, 0.717) is 5.88 Å². The van der Waals surface area contributed by atoms with Gasteiger partial charge < -0.3 is 15.0 Å². The van der Waals surface area contributed by atoms with Crippen LogP contribution >= 0.6 is 15.9 Å². The quantitative estimate of drug-likeness (QED) is 0.922. The third kappa shape index (κ3) is 2.75. The van der Waals surface area contributed by atoms with Crippen LogP contribution in [0.5, 0.6) is 5.88 Å². The van der Waals surface area contributed by atoms with Gasteiger partial charge in [-0.3, -0.25) is 0 Å². The molecule has 0 radical (unpaired) electrons. The second-order valence-electron chi connectivity index (χ2n) is 4.82. The highest BCUT2D eigenvalue weighted by Crippen LogP contribution is 2.27. The molecule has 1 aromatic heterocycles. The summed E-state index contributed by atoms with van der Waals surface area (Å²) in [6, 6.07) is 0. The SMILES string of the molecule is CNC1(C)CCN(c2ncc(Br)c(OC)n2)CC1. The summed E-state index contributed by atoms with van der Waals surface area (Å²) >= 11 is 3.37. The Morgan fingerprint density at radius 1 is 1.44 bits per heavy atom. The molecule has 100 valence electrons. The average Bonchev–Trinajstić information content (AvgIpc) is 2.40. The van der Waals surface area contributed by atoms with E-state index in [1.54, 1.807) is 13.3 Å². The van der Waals surface area contributed by atoms with Crippen molar-refractivity contribution in [1.29, 1.82) is 0 Å². The Labute approximate surface area is 116 Å². The van der Waals surface area contributed by atoms with Crippen LogP contribution in [0.3, 0.4) is 0 Å². The fraction of sp³-hybridized carbons (Fsp3) is 0.667. The zero-order chi connectivity index (χ0) is 13.2. The van der Waals surface area contributed by atoms with Crippen LogP contribution in [0.1, 0.15) is 19.8 Å². The topological polar surface area (TPSA) is 50.3 Å². The van der Waals surface area contributed by atoms with E-state index in [4.69, 9.17) is 4.74 Å². The van der Waals surface area contributed by atoms with Crippen molar-refractivity contribution in [1.82, 2.24) is 15.3 Å². The highest BCUT2D eigenvalue weighted by Gasteiger charge is 2.29. The molecule has 0 saturated carbocycles. The number of hydrogen-bond acceptors (Lipinski definition) is 5. The van der Waals surface area contributed by atoms with Gasteiger partial charge in [0, 0.05) is 18.6 Å². The summed E-state index contributed by atoms with van der Waals surface area (Å²) in [6.45, 7) is 4.18. The molecule has 0 aliphatic carbocycles. The maximum absolute atomic E-state index is 5.20. The summed E-state index contributed by atoms with van der Waals surface area (Å²) in [7, 11) is 3.64. The minimum Gasteiger partial charge on any atom is -0.480 e. The van der Waals surface area contributed by atoms with Crippen molar-refractivity contribution in [3.05, 3.63) is 10.7 Å². The van der Waals surface area contributed by atoms with Gasteiger partial charge in [0.2, 0.25) is 11.8 Å². The summed E-state index contributed by atoms with van der Waals surface area (Å²) in [6.07, 6.45) is 3.92. The van der Waals surface area contributed by atoms with Crippen molar-refractivity contribution in [3.8, 4) is 5.88 Å². The lowest BCUT2D eigenvalue weighted by atomic mass is 9.90. The fourth-order valence-electron chi connectivity index (χ4n) is 2.09. The fourth-order valence-corrected chi connectivity index (χ4v) is 2.44. The van der Waals surface area contributed by atoms with Crippen LogP contribution in [-0.4, -0.2) is 42.8 Å². The molecular formula is C12H19BrN4O. The highest BCUT2D eigenvalue weighted by atomic mass is 79.9. The summed E-state index contributed by atoms with van der Waals surface area (Å²) < 4.78 is 5.98. The van der Waals surface area contributed by atoms with Crippen LogP contribution in [0, 0.1) is 0 Å². The number of halogens is 1. The maximum atomic E-state index is 5.20. The molecule has 1 fully saturated rings. The Kier molecular flexibility index (Phi) is 4.07. The number of methoxy groups -OCH3 is 1. The molecule has 18 heavy (non-hydrogen) atoms. The van der Waals surface area contributed by atoms with E-state index in [9.17, 15) is 0 Å². The Hall–Kier alpha value is -0.880. The molecule has 1 N–H and O–H groups in total. The van der Waals surface area contributed by atoms with Gasteiger partial charge in [-0.1, -0.05) is 0 Å². The molecule has 2 rings (SSSR count). The molecular weight excluding hydrogens is 296 g/mol. The van der Waals surface area contributed by atoms with Crippen LogP contribution in [0.15, 0.2) is 10.7 Å². The summed E-state index contributed by atoms with van der Waals surface area (Å²) in [5.41, 5.74) is 0.232. The number of piperidine rings is 1. The summed E-state index contributed by atoms with van der Waals surface area (Å²) in [5, 5.41) is 3.38. The predicted molar refractivity (Wildman–Crippen MR) is 75.2 cm³/mol. The number of rotatable bonds is 3. The second-order valence-corrected chi connectivity index (χ2v) is 5.68. The van der Waals surface area contributed by atoms with Gasteiger partial charge in [-0.05, 0) is 42.7 Å². The number of aromatic nitrogens is 2. The van der Waals surface area contributed by atoms with Crippen molar-refractivity contribution in [2.75, 3.05) is 32.1 Å². The van der Waals surface area contributed by atoms with Gasteiger partial charge >= 0.3 is 0 Å². The monoisotopic (exact) mass is 314 g/mol. The molecule has 0 atom stereocenters. The predicted octanol–water partition coefficient (Wildman–Crippen LogP) is 1.83. The second kappa shape index (κ2) is 5.40. The van der Waals surface area contributed by atoms with Crippen LogP contribution in [-0.2, 0) is 0 Å². The molecule has 0 spiro atoms. The van der Waals surface area contributed by atoms with E-state index in [-0.39, 0.29) is 5.54 Å². The first kappa shape index (κ1) is 13.5. The molecule has 1 aliphatic heterocycles. The molecule has 0 unspecified atom stereocenters. The summed E-state index contributed by atoms with van der Waals surface area (Å²) in [4.78, 5) is 11.0. The molecule has 0 aromatic carbocycles. The zero-order valence-corrected chi connectivity index (χ0v) is 12.6. The Morgan fingerprint density at radius 2 is 2.11 bits per heavy atom. The van der Waals surface area contributed by atoms with E-state index in [1.807, 2.05) is 7.05 Å². The van der Waals surface area contributed by atoms with Crippen molar-refractivity contribution >= 4 is 21.9 Å². The van der Waals surface area contributed by atoms with Gasteiger partial charge in [0.05, 0.1) is 17.8 Å². The van der Waals surface area contributed by atoms with Gasteiger partial charge in [-0.15, -0.1) is 0 Å². The molecule has 2 heterocycles. The summed E-state index contributed by atoms with van der Waals surface area (Å²) in [5.74, 6) is 1.33. The molecule has 0 amide bonds. The largest absolute Gasteiger partial charge is 0.480 e. The lowest BCUT2D eigenvalue weighted by molar-refractivity contribution is 0.303. The third-order valence-electron chi connectivity index (χ3n) is 3.65. The minimum absolute atomic E-state index is 0.232. The first-order valence-corrected chi connectivity index (χ1v) is 6.88. The smallest absolute Gasteiger partial charge is 0.232 e. The Balaban J connectivity index is 2.10. The highest BCUT2D eigenvalue weighted by molar-refractivity contribution is 9.10. The number of anilines is 1. The normalized spacial score (nSPS) is 18.8. The Morgan fingerprint density at radius 3 is 2.67 bits per heavy atom.